The van der Waals surface area contributed by atoms with E-state index in [0.29, 0.717) is 11.4 Å². The van der Waals surface area contributed by atoms with Gasteiger partial charge in [0.15, 0.2) is 6.10 Å². The van der Waals surface area contributed by atoms with Crippen LogP contribution < -0.4 is 15.0 Å². The molecule has 6 nitrogen and oxygen atoms in total. The van der Waals surface area contributed by atoms with Crippen molar-refractivity contribution in [3.05, 3.63) is 94.3 Å². The fourth-order valence-electron chi connectivity index (χ4n) is 4.28. The smallest absolute Gasteiger partial charge is 0.268 e. The van der Waals surface area contributed by atoms with Crippen LogP contribution in [0.1, 0.15) is 30.0 Å². The van der Waals surface area contributed by atoms with Crippen LogP contribution in [0.4, 0.5) is 11.4 Å². The van der Waals surface area contributed by atoms with Gasteiger partial charge in [0.2, 0.25) is 5.91 Å². The number of aromatic nitrogens is 1. The Hall–Kier alpha value is -3.97. The number of anilines is 2. The number of ether oxygens (including phenoxy) is 1. The predicted octanol–water partition coefficient (Wildman–Crippen LogP) is 5.85. The maximum Gasteiger partial charge on any atom is 0.268 e. The summed E-state index contributed by atoms with van der Waals surface area (Å²) in [4.78, 5) is 32.8. The van der Waals surface area contributed by atoms with Crippen LogP contribution in [0.15, 0.2) is 78.2 Å². The average Bonchev–Trinajstić information content (AvgIpc) is 3.34. The Kier molecular flexibility index (Phi) is 6.57. The van der Waals surface area contributed by atoms with E-state index in [1.54, 1.807) is 25.2 Å². The van der Waals surface area contributed by atoms with Crippen LogP contribution >= 0.6 is 11.3 Å². The molecule has 2 unspecified atom stereocenters. The lowest BCUT2D eigenvalue weighted by molar-refractivity contribution is -0.128. The topological polar surface area (TPSA) is 71.5 Å². The third-order valence-electron chi connectivity index (χ3n) is 6.32. The van der Waals surface area contributed by atoms with Crippen molar-refractivity contribution in [2.75, 3.05) is 10.2 Å². The van der Waals surface area contributed by atoms with Crippen LogP contribution in [0, 0.1) is 6.92 Å². The van der Waals surface area contributed by atoms with E-state index < -0.39 is 12.1 Å². The van der Waals surface area contributed by atoms with Crippen LogP contribution in [0.3, 0.4) is 0 Å². The predicted molar refractivity (Wildman–Crippen MR) is 144 cm³/mol. The number of fused-ring (bicyclic) bond motifs is 1. The molecule has 0 spiro atoms. The Balaban J connectivity index is 1.43. The molecule has 0 saturated carbocycles. The van der Waals surface area contributed by atoms with Crippen molar-refractivity contribution in [2.24, 2.45) is 0 Å². The molecule has 1 aromatic heterocycles. The molecule has 182 valence electrons. The first-order chi connectivity index (χ1) is 17.4. The number of rotatable bonds is 6. The van der Waals surface area contributed by atoms with Gasteiger partial charge in [-0.3, -0.25) is 14.5 Å². The number of hydrogen-bond donors (Lipinski definition) is 1. The number of carbonyl (C=O) groups excluding carboxylic acids is 2. The Labute approximate surface area is 214 Å². The molecular weight excluding hydrogens is 470 g/mol. The molecular formula is C29H27N3O3S. The van der Waals surface area contributed by atoms with Gasteiger partial charge < -0.3 is 10.1 Å². The summed E-state index contributed by atoms with van der Waals surface area (Å²) >= 11 is 1.61. The normalized spacial score (nSPS) is 15.7. The van der Waals surface area contributed by atoms with Crippen molar-refractivity contribution in [3.63, 3.8) is 0 Å². The molecule has 36 heavy (non-hydrogen) atoms. The molecule has 0 bridgehead atoms. The van der Waals surface area contributed by atoms with E-state index in [2.05, 4.69) is 17.4 Å². The van der Waals surface area contributed by atoms with Gasteiger partial charge in [0.1, 0.15) is 11.8 Å². The zero-order chi connectivity index (χ0) is 25.2. The fraction of sp³-hybridized carbons (Fsp3) is 0.207. The first-order valence-electron chi connectivity index (χ1n) is 11.9. The Morgan fingerprint density at radius 3 is 2.64 bits per heavy atom. The summed E-state index contributed by atoms with van der Waals surface area (Å²) in [5.41, 5.74) is 5.16. The lowest BCUT2D eigenvalue weighted by atomic mass is 10.1. The van der Waals surface area contributed by atoms with Gasteiger partial charge in [-0.1, -0.05) is 48.5 Å². The molecule has 0 aliphatic carbocycles. The van der Waals surface area contributed by atoms with E-state index >= 15 is 0 Å². The number of para-hydroxylation sites is 1. The van der Waals surface area contributed by atoms with Crippen molar-refractivity contribution in [1.29, 1.82) is 0 Å². The minimum atomic E-state index is -0.735. The fourth-order valence-corrected chi connectivity index (χ4v) is 5.12. The second-order valence-corrected chi connectivity index (χ2v) is 9.86. The van der Waals surface area contributed by atoms with E-state index in [4.69, 9.17) is 9.72 Å². The summed E-state index contributed by atoms with van der Waals surface area (Å²) in [7, 11) is 0. The number of thiazole rings is 1. The molecule has 0 radical (unpaired) electrons. The number of nitrogens with zero attached hydrogens (tertiary/aromatic N) is 2. The second-order valence-electron chi connectivity index (χ2n) is 8.92. The van der Waals surface area contributed by atoms with Crippen LogP contribution in [0.2, 0.25) is 0 Å². The van der Waals surface area contributed by atoms with Crippen LogP contribution in [0.5, 0.6) is 5.75 Å². The van der Waals surface area contributed by atoms with Gasteiger partial charge in [-0.25, -0.2) is 4.98 Å². The number of hydrogen-bond acceptors (Lipinski definition) is 5. The molecule has 2 heterocycles. The maximum atomic E-state index is 13.2. The lowest BCUT2D eigenvalue weighted by Gasteiger charge is -2.36. The highest BCUT2D eigenvalue weighted by molar-refractivity contribution is 7.10. The van der Waals surface area contributed by atoms with Crippen LogP contribution in [0.25, 0.3) is 11.3 Å². The highest BCUT2D eigenvalue weighted by Gasteiger charge is 2.37. The second kappa shape index (κ2) is 9.95. The summed E-state index contributed by atoms with van der Waals surface area (Å²) in [6.45, 7) is 5.37. The third-order valence-corrected chi connectivity index (χ3v) is 7.17. The molecule has 0 fully saturated rings. The summed E-state index contributed by atoms with van der Waals surface area (Å²) in [5.74, 6) is 0.0539. The summed E-state index contributed by atoms with van der Waals surface area (Å²) in [6.07, 6.45) is 0.0754. The molecule has 2 amide bonds. The Morgan fingerprint density at radius 1 is 1.11 bits per heavy atom. The van der Waals surface area contributed by atoms with Gasteiger partial charge in [-0.05, 0) is 56.2 Å². The number of amides is 2. The Bertz CT molecular complexity index is 1420. The van der Waals surface area contributed by atoms with Crippen LogP contribution in [-0.4, -0.2) is 28.9 Å². The standard InChI is InChI=1S/C29H27N3O3S/c1-18-9-7-8-12-23(18)31-28(33)19(2)32-25-16-22(13-14-26(25)35-20(3)29(32)34)24-17-36-27(30-24)15-21-10-5-4-6-11-21/h4-14,16-17,19-20H,15H2,1-3H3,(H,31,33). The zero-order valence-electron chi connectivity index (χ0n) is 20.4. The number of benzene rings is 3. The number of carbonyl (C=O) groups is 2. The van der Waals surface area contributed by atoms with Gasteiger partial charge in [0.25, 0.3) is 5.91 Å². The number of aryl methyl sites for hydroxylation is 1. The van der Waals surface area contributed by atoms with Crippen molar-refractivity contribution in [3.8, 4) is 17.0 Å². The van der Waals surface area contributed by atoms with Crippen molar-refractivity contribution in [1.82, 2.24) is 4.98 Å². The largest absolute Gasteiger partial charge is 0.479 e. The van der Waals surface area contributed by atoms with E-state index in [1.807, 2.05) is 73.0 Å². The molecule has 1 aliphatic heterocycles. The zero-order valence-corrected chi connectivity index (χ0v) is 21.2. The van der Waals surface area contributed by atoms with E-state index in [0.717, 1.165) is 33.9 Å². The molecule has 4 aromatic rings. The first kappa shape index (κ1) is 23.8. The average molecular weight is 498 g/mol. The molecule has 1 N–H and O–H groups in total. The van der Waals surface area contributed by atoms with Gasteiger partial charge in [-0.15, -0.1) is 11.3 Å². The third kappa shape index (κ3) is 4.75. The number of nitrogens with one attached hydrogen (secondary N) is 1. The monoisotopic (exact) mass is 497 g/mol. The highest BCUT2D eigenvalue weighted by Crippen LogP contribution is 2.39. The van der Waals surface area contributed by atoms with Gasteiger partial charge in [-0.2, -0.15) is 0 Å². The van der Waals surface area contributed by atoms with Gasteiger partial charge in [0.05, 0.1) is 16.4 Å². The SMILES string of the molecule is Cc1ccccc1NC(=O)C(C)N1C(=O)C(C)Oc2ccc(-c3csc(Cc4ccccc4)n3)cc21. The first-order valence-corrected chi connectivity index (χ1v) is 12.8. The molecule has 0 saturated heterocycles. The molecule has 7 heteroatoms. The van der Waals surface area contributed by atoms with E-state index in [9.17, 15) is 9.59 Å². The molecule has 3 aromatic carbocycles. The lowest BCUT2D eigenvalue weighted by Crippen LogP contribution is -2.52. The van der Waals surface area contributed by atoms with Crippen molar-refractivity contribution >= 4 is 34.5 Å². The van der Waals surface area contributed by atoms with Gasteiger partial charge >= 0.3 is 0 Å². The summed E-state index contributed by atoms with van der Waals surface area (Å²) in [5, 5.41) is 5.99. The van der Waals surface area contributed by atoms with Crippen LogP contribution in [-0.2, 0) is 16.0 Å². The Morgan fingerprint density at radius 2 is 1.86 bits per heavy atom. The maximum absolute atomic E-state index is 13.2. The molecule has 1 aliphatic rings. The van der Waals surface area contributed by atoms with E-state index in [1.165, 1.54) is 10.5 Å². The van der Waals surface area contributed by atoms with Crippen molar-refractivity contribution in [2.45, 2.75) is 39.3 Å². The van der Waals surface area contributed by atoms with Crippen molar-refractivity contribution < 1.29 is 14.3 Å². The quantitative estimate of drug-likeness (QED) is 0.363. The minimum Gasteiger partial charge on any atom is -0.479 e. The molecule has 5 rings (SSSR count). The summed E-state index contributed by atoms with van der Waals surface area (Å²) < 4.78 is 5.88. The minimum absolute atomic E-state index is 0.255. The highest BCUT2D eigenvalue weighted by atomic mass is 32.1. The van der Waals surface area contributed by atoms with E-state index in [-0.39, 0.29) is 11.8 Å². The molecule has 2 atom stereocenters. The van der Waals surface area contributed by atoms with Gasteiger partial charge in [0, 0.05) is 23.1 Å². The summed E-state index contributed by atoms with van der Waals surface area (Å²) in [6, 6.07) is 22.8.